The minimum Gasteiger partial charge on any atom is -0.371 e. The number of pyridine rings is 1. The van der Waals surface area contributed by atoms with Crippen LogP contribution in [0.3, 0.4) is 0 Å². The number of nitrogens with one attached hydrogen (secondary N) is 1. The standard InChI is InChI=1S/C10H14N2O.ClH/c1-2-5-12-9(3-1)8-13-10-4-6-11-7-10;/h1-3,5,10-11H,4,6-8H2;1H. The molecule has 0 saturated carbocycles. The fourth-order valence-electron chi connectivity index (χ4n) is 1.46. The second-order valence-corrected chi connectivity index (χ2v) is 3.25. The largest absolute Gasteiger partial charge is 0.371 e. The summed E-state index contributed by atoms with van der Waals surface area (Å²) in [6.07, 6.45) is 3.29. The van der Waals surface area contributed by atoms with Crippen molar-refractivity contribution < 1.29 is 4.74 Å². The Bertz CT molecular complexity index is 250. The third-order valence-corrected chi connectivity index (χ3v) is 2.21. The summed E-state index contributed by atoms with van der Waals surface area (Å²) in [7, 11) is 0. The van der Waals surface area contributed by atoms with E-state index in [4.69, 9.17) is 4.74 Å². The molecular weight excluding hydrogens is 200 g/mol. The Kier molecular flexibility index (Phi) is 4.87. The molecule has 2 heterocycles. The predicted octanol–water partition coefficient (Wildman–Crippen LogP) is 1.38. The summed E-state index contributed by atoms with van der Waals surface area (Å²) in [6.45, 7) is 2.69. The Hall–Kier alpha value is -0.640. The fraction of sp³-hybridized carbons (Fsp3) is 0.500. The highest BCUT2D eigenvalue weighted by molar-refractivity contribution is 5.85. The maximum absolute atomic E-state index is 5.66. The van der Waals surface area contributed by atoms with Crippen LogP contribution in [-0.2, 0) is 11.3 Å². The zero-order valence-electron chi connectivity index (χ0n) is 7.98. The third-order valence-electron chi connectivity index (χ3n) is 2.21. The third kappa shape index (κ3) is 3.25. The average molecular weight is 215 g/mol. The molecule has 2 rings (SSSR count). The molecule has 1 aromatic heterocycles. The van der Waals surface area contributed by atoms with E-state index in [0.717, 1.165) is 25.2 Å². The lowest BCUT2D eigenvalue weighted by Gasteiger charge is -2.09. The van der Waals surface area contributed by atoms with E-state index < -0.39 is 0 Å². The van der Waals surface area contributed by atoms with Crippen molar-refractivity contribution in [1.82, 2.24) is 10.3 Å². The lowest BCUT2D eigenvalue weighted by molar-refractivity contribution is 0.0522. The summed E-state index contributed by atoms with van der Waals surface area (Å²) in [5.74, 6) is 0. The van der Waals surface area contributed by atoms with E-state index in [2.05, 4.69) is 10.3 Å². The van der Waals surface area contributed by atoms with Gasteiger partial charge in [-0.3, -0.25) is 4.98 Å². The molecule has 14 heavy (non-hydrogen) atoms. The van der Waals surface area contributed by atoms with E-state index in [1.54, 1.807) is 6.20 Å². The molecule has 0 spiro atoms. The second kappa shape index (κ2) is 5.96. The summed E-state index contributed by atoms with van der Waals surface area (Å²) in [5.41, 5.74) is 1.01. The number of rotatable bonds is 3. The van der Waals surface area contributed by atoms with Gasteiger partial charge in [0.15, 0.2) is 0 Å². The van der Waals surface area contributed by atoms with Gasteiger partial charge in [0.2, 0.25) is 0 Å². The van der Waals surface area contributed by atoms with Gasteiger partial charge in [-0.1, -0.05) is 6.07 Å². The molecule has 1 atom stereocenters. The highest BCUT2D eigenvalue weighted by atomic mass is 35.5. The van der Waals surface area contributed by atoms with Gasteiger partial charge in [-0.2, -0.15) is 0 Å². The molecule has 1 fully saturated rings. The maximum Gasteiger partial charge on any atom is 0.0892 e. The molecule has 78 valence electrons. The van der Waals surface area contributed by atoms with Crippen molar-refractivity contribution in [3.63, 3.8) is 0 Å². The quantitative estimate of drug-likeness (QED) is 0.826. The van der Waals surface area contributed by atoms with Crippen LogP contribution in [0.15, 0.2) is 24.4 Å². The minimum absolute atomic E-state index is 0. The fourth-order valence-corrected chi connectivity index (χ4v) is 1.46. The van der Waals surface area contributed by atoms with Crippen LogP contribution in [0, 0.1) is 0 Å². The number of aromatic nitrogens is 1. The van der Waals surface area contributed by atoms with Crippen LogP contribution in [0.25, 0.3) is 0 Å². The molecule has 0 aromatic carbocycles. The number of nitrogens with zero attached hydrogens (tertiary/aromatic N) is 1. The lowest BCUT2D eigenvalue weighted by Crippen LogP contribution is -2.16. The Morgan fingerprint density at radius 3 is 3.07 bits per heavy atom. The molecule has 1 saturated heterocycles. The molecule has 4 heteroatoms. The van der Waals surface area contributed by atoms with Gasteiger partial charge >= 0.3 is 0 Å². The Labute approximate surface area is 90.3 Å². The summed E-state index contributed by atoms with van der Waals surface area (Å²) in [6, 6.07) is 5.89. The SMILES string of the molecule is Cl.c1ccc(COC2CCNC2)nc1. The smallest absolute Gasteiger partial charge is 0.0892 e. The van der Waals surface area contributed by atoms with Crippen LogP contribution in [-0.4, -0.2) is 24.2 Å². The monoisotopic (exact) mass is 214 g/mol. The van der Waals surface area contributed by atoms with Crippen LogP contribution in [0.5, 0.6) is 0 Å². The van der Waals surface area contributed by atoms with Crippen LogP contribution in [0.2, 0.25) is 0 Å². The van der Waals surface area contributed by atoms with Gasteiger partial charge in [-0.25, -0.2) is 0 Å². The summed E-state index contributed by atoms with van der Waals surface area (Å²) in [4.78, 5) is 4.19. The molecule has 1 aromatic rings. The number of ether oxygens (including phenoxy) is 1. The average Bonchev–Trinajstić information content (AvgIpc) is 2.69. The summed E-state index contributed by atoms with van der Waals surface area (Å²) in [5, 5.41) is 3.26. The molecular formula is C10H15ClN2O. The van der Waals surface area contributed by atoms with Crippen LogP contribution >= 0.6 is 12.4 Å². The van der Waals surface area contributed by atoms with Crippen LogP contribution in [0.1, 0.15) is 12.1 Å². The molecule has 0 aliphatic carbocycles. The first-order valence-electron chi connectivity index (χ1n) is 4.67. The topological polar surface area (TPSA) is 34.1 Å². The van der Waals surface area contributed by atoms with Gasteiger partial charge in [0.25, 0.3) is 0 Å². The van der Waals surface area contributed by atoms with Gasteiger partial charge < -0.3 is 10.1 Å². The zero-order valence-corrected chi connectivity index (χ0v) is 8.80. The molecule has 3 nitrogen and oxygen atoms in total. The number of halogens is 1. The number of hydrogen-bond acceptors (Lipinski definition) is 3. The van der Waals surface area contributed by atoms with Crippen LogP contribution < -0.4 is 5.32 Å². The van der Waals surface area contributed by atoms with Crippen molar-refractivity contribution in [2.45, 2.75) is 19.1 Å². The van der Waals surface area contributed by atoms with Gasteiger partial charge in [0.1, 0.15) is 0 Å². The van der Waals surface area contributed by atoms with Gasteiger partial charge in [0, 0.05) is 12.7 Å². The highest BCUT2D eigenvalue weighted by Crippen LogP contribution is 2.06. The number of hydrogen-bond donors (Lipinski definition) is 1. The normalized spacial score (nSPS) is 20.4. The first-order valence-corrected chi connectivity index (χ1v) is 4.67. The van der Waals surface area contributed by atoms with Crippen molar-refractivity contribution in [2.75, 3.05) is 13.1 Å². The minimum atomic E-state index is 0. The maximum atomic E-state index is 5.66. The predicted molar refractivity (Wildman–Crippen MR) is 57.5 cm³/mol. The molecule has 1 N–H and O–H groups in total. The van der Waals surface area contributed by atoms with E-state index in [9.17, 15) is 0 Å². The molecule has 1 unspecified atom stereocenters. The van der Waals surface area contributed by atoms with E-state index in [1.165, 1.54) is 0 Å². The first kappa shape index (κ1) is 11.4. The molecule has 1 aliphatic heterocycles. The first-order chi connectivity index (χ1) is 6.45. The van der Waals surface area contributed by atoms with Crippen LogP contribution in [0.4, 0.5) is 0 Å². The Morgan fingerprint density at radius 2 is 2.43 bits per heavy atom. The molecule has 0 bridgehead atoms. The Balaban J connectivity index is 0.000000980. The van der Waals surface area contributed by atoms with Crippen molar-refractivity contribution in [3.05, 3.63) is 30.1 Å². The Morgan fingerprint density at radius 1 is 1.50 bits per heavy atom. The molecule has 1 aliphatic rings. The van der Waals surface area contributed by atoms with E-state index in [1.807, 2.05) is 18.2 Å². The van der Waals surface area contributed by atoms with Crippen molar-refractivity contribution in [1.29, 1.82) is 0 Å². The van der Waals surface area contributed by atoms with Gasteiger partial charge in [-0.15, -0.1) is 12.4 Å². The van der Waals surface area contributed by atoms with E-state index in [-0.39, 0.29) is 12.4 Å². The van der Waals surface area contributed by atoms with Gasteiger partial charge in [-0.05, 0) is 25.1 Å². The molecule has 0 amide bonds. The summed E-state index contributed by atoms with van der Waals surface area (Å²) < 4.78 is 5.66. The van der Waals surface area contributed by atoms with Crippen molar-refractivity contribution in [3.8, 4) is 0 Å². The van der Waals surface area contributed by atoms with Crippen molar-refractivity contribution >= 4 is 12.4 Å². The zero-order chi connectivity index (χ0) is 8.93. The second-order valence-electron chi connectivity index (χ2n) is 3.25. The summed E-state index contributed by atoms with van der Waals surface area (Å²) >= 11 is 0. The molecule has 0 radical (unpaired) electrons. The highest BCUT2D eigenvalue weighted by Gasteiger charge is 2.14. The lowest BCUT2D eigenvalue weighted by atomic mass is 10.3. The van der Waals surface area contributed by atoms with Crippen molar-refractivity contribution in [2.24, 2.45) is 0 Å². The van der Waals surface area contributed by atoms with E-state index in [0.29, 0.717) is 12.7 Å². The van der Waals surface area contributed by atoms with E-state index >= 15 is 0 Å². The van der Waals surface area contributed by atoms with Gasteiger partial charge in [0.05, 0.1) is 18.4 Å².